The molecule has 1 aromatic rings. The van der Waals surface area contributed by atoms with Crippen LogP contribution in [-0.2, 0) is 0 Å². The molecule has 0 aromatic heterocycles. The van der Waals surface area contributed by atoms with Gasteiger partial charge in [-0.1, -0.05) is 38.1 Å². The van der Waals surface area contributed by atoms with E-state index in [0.29, 0.717) is 12.0 Å². The molecule has 1 aliphatic rings. The number of piperazine rings is 1. The van der Waals surface area contributed by atoms with Crippen LogP contribution in [0, 0.1) is 0 Å². The Balaban J connectivity index is 1.99. The van der Waals surface area contributed by atoms with Gasteiger partial charge in [-0.25, -0.2) is 4.79 Å². The van der Waals surface area contributed by atoms with E-state index in [-0.39, 0.29) is 6.03 Å². The molecule has 1 atom stereocenters. The first kappa shape index (κ1) is 16.8. The Morgan fingerprint density at radius 2 is 1.64 bits per heavy atom. The van der Waals surface area contributed by atoms with E-state index in [0.717, 1.165) is 26.2 Å². The molecule has 1 fully saturated rings. The number of rotatable bonds is 3. The number of nitrogens with zero attached hydrogens (tertiary/aromatic N) is 3. The molecule has 1 unspecified atom stereocenters. The van der Waals surface area contributed by atoms with Gasteiger partial charge in [0.25, 0.3) is 0 Å². The van der Waals surface area contributed by atoms with Crippen molar-refractivity contribution in [1.29, 1.82) is 0 Å². The third-order valence-corrected chi connectivity index (χ3v) is 4.57. The third-order valence-electron chi connectivity index (χ3n) is 4.57. The van der Waals surface area contributed by atoms with Crippen LogP contribution < -0.4 is 0 Å². The molecular weight excluding hydrogens is 274 g/mol. The summed E-state index contributed by atoms with van der Waals surface area (Å²) in [7, 11) is 3.63. The van der Waals surface area contributed by atoms with Crippen LogP contribution in [-0.4, -0.2) is 61.0 Å². The van der Waals surface area contributed by atoms with E-state index in [1.807, 2.05) is 19.0 Å². The molecular formula is C18H29N3O. The van der Waals surface area contributed by atoms with Gasteiger partial charge in [-0.3, -0.25) is 4.90 Å². The molecule has 4 nitrogen and oxygen atoms in total. The standard InChI is InChI=1S/C18H29N3O/c1-14(2)16-7-6-8-17(13-16)15(3)20-9-11-21(12-10-20)18(22)19(4)5/h6-8,13-15H,9-12H2,1-5H3. The van der Waals surface area contributed by atoms with Crippen LogP contribution in [0.25, 0.3) is 0 Å². The summed E-state index contributed by atoms with van der Waals surface area (Å²) in [4.78, 5) is 18.1. The molecule has 122 valence electrons. The smallest absolute Gasteiger partial charge is 0.319 e. The first-order chi connectivity index (χ1) is 10.4. The van der Waals surface area contributed by atoms with Gasteiger partial charge in [-0.2, -0.15) is 0 Å². The Kier molecular flexibility index (Phi) is 5.46. The summed E-state index contributed by atoms with van der Waals surface area (Å²) < 4.78 is 0. The lowest BCUT2D eigenvalue weighted by Gasteiger charge is -2.39. The Morgan fingerprint density at radius 3 is 2.18 bits per heavy atom. The third kappa shape index (κ3) is 3.80. The largest absolute Gasteiger partial charge is 0.331 e. The molecule has 1 heterocycles. The van der Waals surface area contributed by atoms with E-state index >= 15 is 0 Å². The van der Waals surface area contributed by atoms with Crippen LogP contribution in [0.4, 0.5) is 4.79 Å². The minimum atomic E-state index is 0.120. The second kappa shape index (κ2) is 7.14. The molecule has 22 heavy (non-hydrogen) atoms. The highest BCUT2D eigenvalue weighted by atomic mass is 16.2. The maximum absolute atomic E-state index is 12.0. The average Bonchev–Trinajstić information content (AvgIpc) is 2.53. The minimum absolute atomic E-state index is 0.120. The number of amides is 2. The SMILES string of the molecule is CC(C)c1cccc(C(C)N2CCN(C(=O)N(C)C)CC2)c1. The van der Waals surface area contributed by atoms with Gasteiger partial charge in [0.2, 0.25) is 0 Å². The second-order valence-corrected chi connectivity index (χ2v) is 6.70. The zero-order valence-electron chi connectivity index (χ0n) is 14.5. The molecule has 0 spiro atoms. The van der Waals surface area contributed by atoms with Gasteiger partial charge in [0.05, 0.1) is 0 Å². The van der Waals surface area contributed by atoms with Crippen molar-refractivity contribution in [3.63, 3.8) is 0 Å². The summed E-state index contributed by atoms with van der Waals surface area (Å²) in [6, 6.07) is 9.42. The van der Waals surface area contributed by atoms with Crippen LogP contribution in [0.3, 0.4) is 0 Å². The highest BCUT2D eigenvalue weighted by Gasteiger charge is 2.25. The Bertz CT molecular complexity index is 505. The molecule has 0 N–H and O–H groups in total. The fourth-order valence-corrected chi connectivity index (χ4v) is 2.97. The van der Waals surface area contributed by atoms with Crippen LogP contribution in [0.1, 0.15) is 43.9 Å². The first-order valence-electron chi connectivity index (χ1n) is 8.20. The summed E-state index contributed by atoms with van der Waals surface area (Å²) in [5.41, 5.74) is 2.77. The highest BCUT2D eigenvalue weighted by Crippen LogP contribution is 2.25. The van der Waals surface area contributed by atoms with Gasteiger partial charge in [0, 0.05) is 46.3 Å². The lowest BCUT2D eigenvalue weighted by Crippen LogP contribution is -2.51. The van der Waals surface area contributed by atoms with Crippen molar-refractivity contribution in [2.24, 2.45) is 0 Å². The van der Waals surface area contributed by atoms with E-state index in [2.05, 4.69) is 49.9 Å². The molecule has 0 bridgehead atoms. The van der Waals surface area contributed by atoms with Crippen molar-refractivity contribution in [1.82, 2.24) is 14.7 Å². The van der Waals surface area contributed by atoms with Crippen molar-refractivity contribution in [3.8, 4) is 0 Å². The predicted molar refractivity (Wildman–Crippen MR) is 91.2 cm³/mol. The van der Waals surface area contributed by atoms with E-state index in [1.165, 1.54) is 11.1 Å². The number of hydrogen-bond donors (Lipinski definition) is 0. The normalized spacial score (nSPS) is 17.6. The van der Waals surface area contributed by atoms with Crippen molar-refractivity contribution in [2.75, 3.05) is 40.3 Å². The second-order valence-electron chi connectivity index (χ2n) is 6.70. The molecule has 0 aliphatic carbocycles. The maximum atomic E-state index is 12.0. The molecule has 2 rings (SSSR count). The molecule has 1 aromatic carbocycles. The van der Waals surface area contributed by atoms with Crippen LogP contribution in [0.5, 0.6) is 0 Å². The summed E-state index contributed by atoms with van der Waals surface area (Å²) in [5.74, 6) is 0.557. The van der Waals surface area contributed by atoms with Gasteiger partial charge in [0.15, 0.2) is 0 Å². The van der Waals surface area contributed by atoms with Crippen LogP contribution in [0.15, 0.2) is 24.3 Å². The molecule has 2 amide bonds. The fraction of sp³-hybridized carbons (Fsp3) is 0.611. The Hall–Kier alpha value is -1.55. The zero-order valence-corrected chi connectivity index (χ0v) is 14.5. The van der Waals surface area contributed by atoms with Gasteiger partial charge >= 0.3 is 6.03 Å². The summed E-state index contributed by atoms with van der Waals surface area (Å²) in [5, 5.41) is 0. The molecule has 1 aliphatic heterocycles. The fourth-order valence-electron chi connectivity index (χ4n) is 2.97. The van der Waals surface area contributed by atoms with Gasteiger partial charge in [0.1, 0.15) is 0 Å². The number of hydrogen-bond acceptors (Lipinski definition) is 2. The number of carbonyl (C=O) groups excluding carboxylic acids is 1. The van der Waals surface area contributed by atoms with Crippen molar-refractivity contribution < 1.29 is 4.79 Å². The highest BCUT2D eigenvalue weighted by molar-refractivity contribution is 5.73. The predicted octanol–water partition coefficient (Wildman–Crippen LogP) is 3.17. The minimum Gasteiger partial charge on any atom is -0.331 e. The van der Waals surface area contributed by atoms with Gasteiger partial charge in [-0.05, 0) is 24.0 Å². The maximum Gasteiger partial charge on any atom is 0.319 e. The van der Waals surface area contributed by atoms with E-state index in [4.69, 9.17) is 0 Å². The van der Waals surface area contributed by atoms with Crippen LogP contribution in [0.2, 0.25) is 0 Å². The molecule has 1 saturated heterocycles. The van der Waals surface area contributed by atoms with Gasteiger partial charge < -0.3 is 9.80 Å². The van der Waals surface area contributed by atoms with Crippen molar-refractivity contribution in [2.45, 2.75) is 32.7 Å². The van der Waals surface area contributed by atoms with Crippen molar-refractivity contribution in [3.05, 3.63) is 35.4 Å². The number of urea groups is 1. The summed E-state index contributed by atoms with van der Waals surface area (Å²) in [6.07, 6.45) is 0. The number of carbonyl (C=O) groups is 1. The first-order valence-corrected chi connectivity index (χ1v) is 8.20. The van der Waals surface area contributed by atoms with E-state index in [9.17, 15) is 4.79 Å². The molecule has 4 heteroatoms. The molecule has 0 radical (unpaired) electrons. The topological polar surface area (TPSA) is 26.8 Å². The lowest BCUT2D eigenvalue weighted by atomic mass is 9.97. The molecule has 0 saturated carbocycles. The average molecular weight is 303 g/mol. The van der Waals surface area contributed by atoms with Gasteiger partial charge in [-0.15, -0.1) is 0 Å². The Labute approximate surface area is 134 Å². The van der Waals surface area contributed by atoms with E-state index < -0.39 is 0 Å². The summed E-state index contributed by atoms with van der Waals surface area (Å²) >= 11 is 0. The van der Waals surface area contributed by atoms with Crippen LogP contribution >= 0.6 is 0 Å². The summed E-state index contributed by atoms with van der Waals surface area (Å²) in [6.45, 7) is 10.2. The quantitative estimate of drug-likeness (QED) is 0.857. The van der Waals surface area contributed by atoms with E-state index in [1.54, 1.807) is 4.90 Å². The number of benzene rings is 1. The monoisotopic (exact) mass is 303 g/mol. The Morgan fingerprint density at radius 1 is 1.05 bits per heavy atom. The van der Waals surface area contributed by atoms with Crippen molar-refractivity contribution >= 4 is 6.03 Å². The lowest BCUT2D eigenvalue weighted by molar-refractivity contribution is 0.102. The zero-order chi connectivity index (χ0) is 16.3.